The minimum Gasteiger partial charge on any atom is -0.229 e. The molecule has 0 spiro atoms. The van der Waals surface area contributed by atoms with E-state index in [0.29, 0.717) is 0 Å². The van der Waals surface area contributed by atoms with Crippen LogP contribution in [0.4, 0.5) is 13.2 Å². The highest BCUT2D eigenvalue weighted by Crippen LogP contribution is 2.30. The van der Waals surface area contributed by atoms with Gasteiger partial charge in [0.2, 0.25) is 5.28 Å². The monoisotopic (exact) mass is 320 g/mol. The quantitative estimate of drug-likeness (QED) is 0.484. The molecule has 1 aromatic rings. The van der Waals surface area contributed by atoms with Gasteiger partial charge in [-0.25, -0.2) is 18.4 Å². The number of rotatable bonds is 4. The lowest BCUT2D eigenvalue weighted by molar-refractivity contribution is -0.141. The number of sulfone groups is 1. The van der Waals surface area contributed by atoms with Crippen LogP contribution in [0.1, 0.15) is 5.69 Å². The van der Waals surface area contributed by atoms with Gasteiger partial charge in [0.1, 0.15) is 14.9 Å². The van der Waals surface area contributed by atoms with Crippen LogP contribution in [0.5, 0.6) is 0 Å². The lowest BCUT2D eigenvalue weighted by Crippen LogP contribution is -2.10. The average molecular weight is 321 g/mol. The van der Waals surface area contributed by atoms with Crippen molar-refractivity contribution in [3.05, 3.63) is 17.0 Å². The fourth-order valence-electron chi connectivity index (χ4n) is 0.914. The smallest absolute Gasteiger partial charge is 0.229 e. The third-order valence-electron chi connectivity index (χ3n) is 1.67. The molecule has 1 rings (SSSR count). The van der Waals surface area contributed by atoms with Gasteiger partial charge in [-0.05, 0) is 11.6 Å². The van der Waals surface area contributed by atoms with Crippen molar-refractivity contribution in [2.24, 2.45) is 0 Å². The van der Waals surface area contributed by atoms with Crippen molar-refractivity contribution in [1.82, 2.24) is 9.97 Å². The third-order valence-corrected chi connectivity index (χ3v) is 3.96. The first-order valence-electron chi connectivity index (χ1n) is 4.50. The highest BCUT2D eigenvalue weighted by molar-refractivity contribution is 8.00. The van der Waals surface area contributed by atoms with Crippen molar-refractivity contribution in [2.45, 2.75) is 11.2 Å². The van der Waals surface area contributed by atoms with Crippen LogP contribution in [-0.4, -0.2) is 36.1 Å². The fourth-order valence-corrected chi connectivity index (χ4v) is 3.25. The maximum Gasteiger partial charge on any atom is 0.433 e. The number of alkyl halides is 3. The van der Waals surface area contributed by atoms with E-state index in [9.17, 15) is 21.6 Å². The second-order valence-electron chi connectivity index (χ2n) is 3.34. The molecule has 0 saturated heterocycles. The molecular weight excluding hydrogens is 313 g/mol. The topological polar surface area (TPSA) is 59.9 Å². The average Bonchev–Trinajstić information content (AvgIpc) is 2.13. The maximum absolute atomic E-state index is 12.4. The van der Waals surface area contributed by atoms with Crippen molar-refractivity contribution in [3.63, 3.8) is 0 Å². The summed E-state index contributed by atoms with van der Waals surface area (Å²) in [6.07, 6.45) is -3.57. The molecule has 0 saturated carbocycles. The van der Waals surface area contributed by atoms with Crippen LogP contribution in [0.3, 0.4) is 0 Å². The summed E-state index contributed by atoms with van der Waals surface area (Å²) in [5.74, 6) is -0.0515. The molecule has 0 atom stereocenters. The molecule has 4 nitrogen and oxygen atoms in total. The second kappa shape index (κ2) is 5.62. The Morgan fingerprint density at radius 3 is 2.50 bits per heavy atom. The Morgan fingerprint density at radius 1 is 1.39 bits per heavy atom. The first-order chi connectivity index (χ1) is 8.08. The first kappa shape index (κ1) is 15.5. The molecule has 18 heavy (non-hydrogen) atoms. The molecule has 1 heterocycles. The maximum atomic E-state index is 12.4. The molecule has 0 amide bonds. The minimum absolute atomic E-state index is 0.00836. The van der Waals surface area contributed by atoms with Crippen molar-refractivity contribution in [2.75, 3.05) is 17.8 Å². The van der Waals surface area contributed by atoms with E-state index in [-0.39, 0.29) is 16.5 Å². The van der Waals surface area contributed by atoms with Crippen LogP contribution in [0, 0.1) is 0 Å². The Morgan fingerprint density at radius 2 is 2.00 bits per heavy atom. The number of hydrogen-bond acceptors (Lipinski definition) is 5. The molecule has 0 fully saturated rings. The highest BCUT2D eigenvalue weighted by atomic mass is 35.5. The van der Waals surface area contributed by atoms with E-state index >= 15 is 0 Å². The summed E-state index contributed by atoms with van der Waals surface area (Å²) in [7, 11) is -3.16. The zero-order valence-electron chi connectivity index (χ0n) is 9.03. The van der Waals surface area contributed by atoms with E-state index < -0.39 is 27.0 Å². The summed E-state index contributed by atoms with van der Waals surface area (Å²) < 4.78 is 58.9. The van der Waals surface area contributed by atoms with Gasteiger partial charge in [0.15, 0.2) is 5.69 Å². The lowest BCUT2D eigenvalue weighted by atomic mass is 10.4. The largest absolute Gasteiger partial charge is 0.433 e. The zero-order valence-corrected chi connectivity index (χ0v) is 11.4. The van der Waals surface area contributed by atoms with Gasteiger partial charge in [-0.15, -0.1) is 11.8 Å². The van der Waals surface area contributed by atoms with Crippen LogP contribution in [0.15, 0.2) is 11.1 Å². The van der Waals surface area contributed by atoms with E-state index in [0.717, 1.165) is 24.1 Å². The Labute approximate surface area is 111 Å². The summed E-state index contributed by atoms with van der Waals surface area (Å²) >= 11 is 6.25. The van der Waals surface area contributed by atoms with E-state index in [1.165, 1.54) is 0 Å². The van der Waals surface area contributed by atoms with Crippen LogP contribution < -0.4 is 0 Å². The standard InChI is InChI=1S/C8H8ClF3N2O2S2/c1-18(15,16)3-2-17-6-4-5(8(10,11)12)13-7(9)14-6/h4H,2-3H2,1H3. The molecule has 0 radical (unpaired) electrons. The number of nitrogens with zero attached hydrogens (tertiary/aromatic N) is 2. The fraction of sp³-hybridized carbons (Fsp3) is 0.500. The van der Waals surface area contributed by atoms with Gasteiger partial charge >= 0.3 is 6.18 Å². The highest BCUT2D eigenvalue weighted by Gasteiger charge is 2.33. The normalized spacial score (nSPS) is 12.7. The molecule has 10 heteroatoms. The van der Waals surface area contributed by atoms with E-state index in [2.05, 4.69) is 9.97 Å². The Kier molecular flexibility index (Phi) is 4.84. The number of thioether (sulfide) groups is 1. The van der Waals surface area contributed by atoms with Gasteiger partial charge < -0.3 is 0 Å². The van der Waals surface area contributed by atoms with Crippen LogP contribution in [-0.2, 0) is 16.0 Å². The molecule has 0 N–H and O–H groups in total. The Bertz CT molecular complexity index is 534. The van der Waals surface area contributed by atoms with Gasteiger partial charge in [-0.1, -0.05) is 0 Å². The van der Waals surface area contributed by atoms with Crippen molar-refractivity contribution in [1.29, 1.82) is 0 Å². The first-order valence-corrected chi connectivity index (χ1v) is 7.92. The van der Waals surface area contributed by atoms with Gasteiger partial charge in [0.05, 0.1) is 5.75 Å². The number of halogens is 4. The van der Waals surface area contributed by atoms with Crippen LogP contribution >= 0.6 is 23.4 Å². The van der Waals surface area contributed by atoms with Gasteiger partial charge in [0, 0.05) is 18.1 Å². The number of hydrogen-bond donors (Lipinski definition) is 0. The summed E-state index contributed by atoms with van der Waals surface area (Å²) in [5, 5.41) is -0.530. The van der Waals surface area contributed by atoms with E-state index in [1.54, 1.807) is 0 Å². The minimum atomic E-state index is -4.61. The molecule has 102 valence electrons. The predicted octanol–water partition coefficient (Wildman–Crippen LogP) is 2.29. The summed E-state index contributed by atoms with van der Waals surface area (Å²) in [5.41, 5.74) is -1.15. The molecule has 0 aliphatic rings. The van der Waals surface area contributed by atoms with Gasteiger partial charge in [0.25, 0.3) is 0 Å². The summed E-state index contributed by atoms with van der Waals surface area (Å²) in [4.78, 5) is 6.65. The molecule has 0 aliphatic carbocycles. The molecule has 0 bridgehead atoms. The van der Waals surface area contributed by atoms with Crippen LogP contribution in [0.25, 0.3) is 0 Å². The van der Waals surface area contributed by atoms with E-state index in [1.807, 2.05) is 0 Å². The molecule has 0 aliphatic heterocycles. The predicted molar refractivity (Wildman–Crippen MR) is 62.5 cm³/mol. The number of aromatic nitrogens is 2. The molecule has 0 aromatic carbocycles. The Balaban J connectivity index is 2.81. The molecule has 1 aromatic heterocycles. The lowest BCUT2D eigenvalue weighted by Gasteiger charge is -2.07. The SMILES string of the molecule is CS(=O)(=O)CCSc1cc(C(F)(F)F)nc(Cl)n1. The second-order valence-corrected chi connectivity index (χ2v) is 7.05. The van der Waals surface area contributed by atoms with Gasteiger partial charge in [-0.2, -0.15) is 13.2 Å². The molecular formula is C8H8ClF3N2O2S2. The summed E-state index contributed by atoms with van der Waals surface area (Å²) in [6.45, 7) is 0. The van der Waals surface area contributed by atoms with Crippen molar-refractivity contribution < 1.29 is 21.6 Å². The van der Waals surface area contributed by atoms with Crippen molar-refractivity contribution >= 4 is 33.2 Å². The Hall–Kier alpha value is -0.540. The van der Waals surface area contributed by atoms with Gasteiger partial charge in [-0.3, -0.25) is 0 Å². The van der Waals surface area contributed by atoms with E-state index in [4.69, 9.17) is 11.6 Å². The summed E-state index contributed by atoms with van der Waals surface area (Å²) in [6, 6.07) is 0.735. The van der Waals surface area contributed by atoms with Crippen LogP contribution in [0.2, 0.25) is 5.28 Å². The van der Waals surface area contributed by atoms with Crippen molar-refractivity contribution in [3.8, 4) is 0 Å². The molecule has 0 unspecified atom stereocenters. The third kappa shape index (κ3) is 5.40. The zero-order chi connectivity index (χ0) is 14.0.